The molecule has 0 spiro atoms. The van der Waals surface area contributed by atoms with Crippen LogP contribution < -0.4 is 4.46 Å². The van der Waals surface area contributed by atoms with Crippen molar-refractivity contribution in [2.75, 3.05) is 0 Å². The van der Waals surface area contributed by atoms with E-state index in [9.17, 15) is 3.83 Å². The maximum absolute atomic E-state index is 10.4. The summed E-state index contributed by atoms with van der Waals surface area (Å²) in [4.78, 5) is 0. The fraction of sp³-hybridized carbons (Fsp3) is 0. The zero-order valence-electron chi connectivity index (χ0n) is 4.65. The van der Waals surface area contributed by atoms with Crippen LogP contribution >= 0.6 is 0 Å². The molecule has 0 aromatic heterocycles. The molecule has 0 aliphatic heterocycles. The van der Waals surface area contributed by atoms with E-state index in [1.54, 1.807) is 24.3 Å². The second-order valence-electron chi connectivity index (χ2n) is 1.56. The van der Waals surface area contributed by atoms with Gasteiger partial charge in [-0.1, -0.05) is 0 Å². The second kappa shape index (κ2) is 5.74. The molecule has 0 aliphatic carbocycles. The van der Waals surface area contributed by atoms with Gasteiger partial charge in [0.15, 0.2) is 0 Å². The summed E-state index contributed by atoms with van der Waals surface area (Å²) in [5, 5.41) is 0. The molecule has 0 saturated carbocycles. The maximum atomic E-state index is 10.4. The molecule has 1 N–H and O–H groups in total. The van der Waals surface area contributed by atoms with Crippen LogP contribution in [0.25, 0.3) is 0 Å². The van der Waals surface area contributed by atoms with E-state index in [0.717, 1.165) is 0 Å². The van der Waals surface area contributed by atoms with Crippen molar-refractivity contribution in [1.82, 2.24) is 0 Å². The molecule has 0 aliphatic rings. The Kier molecular flexibility index (Phi) is 6.40. The molecule has 0 bridgehead atoms. The summed E-state index contributed by atoms with van der Waals surface area (Å²) >= 11 is -2.66. The summed E-state index contributed by atoms with van der Waals surface area (Å²) in [5.74, 6) is 0. The standard InChI is InChI=1S/C6H6O2Se.K.H/c7-9(8)6-4-2-1-3-5-6;;/h1-5H,(H,7,8);;. The van der Waals surface area contributed by atoms with Crippen LogP contribution in [-0.2, 0) is 3.83 Å². The number of hydrogen-bond acceptors (Lipinski definition) is 1. The Morgan fingerprint density at radius 2 is 1.70 bits per heavy atom. The first-order valence-electron chi connectivity index (χ1n) is 2.46. The Morgan fingerprint density at radius 1 is 1.20 bits per heavy atom. The van der Waals surface area contributed by atoms with Gasteiger partial charge >= 0.3 is 108 Å². The van der Waals surface area contributed by atoms with Crippen LogP contribution in [-0.4, -0.2) is 69.7 Å². The minimum atomic E-state index is -2.66. The van der Waals surface area contributed by atoms with Gasteiger partial charge in [0.05, 0.1) is 0 Å². The quantitative estimate of drug-likeness (QED) is 0.637. The molecule has 4 heteroatoms. The predicted molar refractivity (Wildman–Crippen MR) is 41.9 cm³/mol. The molecular weight excluding hydrogens is 222 g/mol. The summed E-state index contributed by atoms with van der Waals surface area (Å²) in [6, 6.07) is 8.62. The summed E-state index contributed by atoms with van der Waals surface area (Å²) in [5.41, 5.74) is 0. The average Bonchev–Trinajstić information content (AvgIpc) is 1.90. The average molecular weight is 229 g/mol. The molecule has 1 aromatic carbocycles. The van der Waals surface area contributed by atoms with Gasteiger partial charge in [0, 0.05) is 0 Å². The second-order valence-corrected chi connectivity index (χ2v) is 3.60. The minimum absolute atomic E-state index is 0. The molecule has 50 valence electrons. The Morgan fingerprint density at radius 3 is 2.00 bits per heavy atom. The summed E-state index contributed by atoms with van der Waals surface area (Å²) < 4.78 is 19.5. The van der Waals surface area contributed by atoms with Crippen LogP contribution in [0.5, 0.6) is 0 Å². The fourth-order valence-electron chi connectivity index (χ4n) is 0.537. The van der Waals surface area contributed by atoms with Gasteiger partial charge in [-0.25, -0.2) is 0 Å². The van der Waals surface area contributed by atoms with E-state index in [2.05, 4.69) is 0 Å². The molecule has 1 atom stereocenters. The summed E-state index contributed by atoms with van der Waals surface area (Å²) in [6.07, 6.45) is 0. The first-order valence-corrected chi connectivity index (χ1v) is 4.79. The molecule has 0 amide bonds. The SMILES string of the molecule is O=[Se](O)c1ccccc1.[KH]. The Bertz CT molecular complexity index is 212. The molecular formula is C6H7KO2Se. The third-order valence-corrected chi connectivity index (χ3v) is 2.36. The van der Waals surface area contributed by atoms with Crippen molar-refractivity contribution < 1.29 is 8.02 Å². The van der Waals surface area contributed by atoms with Crippen molar-refractivity contribution in [1.29, 1.82) is 0 Å². The van der Waals surface area contributed by atoms with E-state index < -0.39 is 14.2 Å². The molecule has 1 rings (SSSR count). The molecule has 0 fully saturated rings. The molecule has 0 radical (unpaired) electrons. The van der Waals surface area contributed by atoms with Gasteiger partial charge in [0.2, 0.25) is 0 Å². The van der Waals surface area contributed by atoms with Crippen molar-refractivity contribution in [2.24, 2.45) is 0 Å². The molecule has 1 aromatic rings. The molecule has 2 nitrogen and oxygen atoms in total. The Hall–Kier alpha value is 1.14. The molecule has 0 heterocycles. The van der Waals surface area contributed by atoms with Gasteiger partial charge < -0.3 is 0 Å². The van der Waals surface area contributed by atoms with Crippen LogP contribution in [0.2, 0.25) is 0 Å². The van der Waals surface area contributed by atoms with E-state index in [-0.39, 0.29) is 51.4 Å². The summed E-state index contributed by atoms with van der Waals surface area (Å²) in [6.45, 7) is 0. The van der Waals surface area contributed by atoms with Gasteiger partial charge in [0.25, 0.3) is 0 Å². The van der Waals surface area contributed by atoms with Crippen molar-refractivity contribution in [3.63, 3.8) is 0 Å². The van der Waals surface area contributed by atoms with Gasteiger partial charge in [-0.05, 0) is 0 Å². The van der Waals surface area contributed by atoms with Crippen molar-refractivity contribution >= 4 is 70.0 Å². The van der Waals surface area contributed by atoms with Crippen molar-refractivity contribution in [3.05, 3.63) is 30.3 Å². The Labute approximate surface area is 106 Å². The van der Waals surface area contributed by atoms with Crippen molar-refractivity contribution in [2.45, 2.75) is 0 Å². The zero-order chi connectivity index (χ0) is 6.69. The first kappa shape index (κ1) is 11.1. The van der Waals surface area contributed by atoms with E-state index in [1.165, 1.54) is 0 Å². The van der Waals surface area contributed by atoms with Crippen LogP contribution in [0.1, 0.15) is 0 Å². The molecule has 1 unspecified atom stereocenters. The van der Waals surface area contributed by atoms with Crippen LogP contribution in [0, 0.1) is 0 Å². The van der Waals surface area contributed by atoms with E-state index in [1.807, 2.05) is 6.07 Å². The van der Waals surface area contributed by atoms with E-state index >= 15 is 0 Å². The van der Waals surface area contributed by atoms with Crippen LogP contribution in [0.4, 0.5) is 0 Å². The first-order chi connectivity index (χ1) is 4.30. The predicted octanol–water partition coefficient (Wildman–Crippen LogP) is -0.844. The molecule has 0 saturated heterocycles. The third kappa shape index (κ3) is 3.50. The van der Waals surface area contributed by atoms with E-state index in [0.29, 0.717) is 4.46 Å². The van der Waals surface area contributed by atoms with Crippen LogP contribution in [0.15, 0.2) is 30.3 Å². The summed E-state index contributed by atoms with van der Waals surface area (Å²) in [7, 11) is 0. The zero-order valence-corrected chi connectivity index (χ0v) is 6.36. The third-order valence-electron chi connectivity index (χ3n) is 0.945. The van der Waals surface area contributed by atoms with Crippen molar-refractivity contribution in [3.8, 4) is 0 Å². The molecule has 10 heavy (non-hydrogen) atoms. The van der Waals surface area contributed by atoms with Gasteiger partial charge in [-0.3, -0.25) is 0 Å². The number of rotatable bonds is 1. The van der Waals surface area contributed by atoms with Gasteiger partial charge in [-0.2, -0.15) is 0 Å². The number of hydrogen-bond donors (Lipinski definition) is 1. The number of benzene rings is 1. The van der Waals surface area contributed by atoms with E-state index in [4.69, 9.17) is 4.19 Å². The topological polar surface area (TPSA) is 37.3 Å². The van der Waals surface area contributed by atoms with Gasteiger partial charge in [-0.15, -0.1) is 0 Å². The fourth-order valence-corrected chi connectivity index (χ4v) is 1.36. The monoisotopic (exact) mass is 230 g/mol. The van der Waals surface area contributed by atoms with Crippen LogP contribution in [0.3, 0.4) is 0 Å². The Balaban J connectivity index is 0.000000810. The normalized spacial score (nSPS) is 11.7. The van der Waals surface area contributed by atoms with Gasteiger partial charge in [0.1, 0.15) is 0 Å².